The van der Waals surface area contributed by atoms with Crippen molar-refractivity contribution < 1.29 is 18.3 Å². The second kappa shape index (κ2) is 5.21. The van der Waals surface area contributed by atoms with Gasteiger partial charge in [-0.1, -0.05) is 6.07 Å². The highest BCUT2D eigenvalue weighted by atomic mass is 32.2. The molecule has 1 heterocycles. The van der Waals surface area contributed by atoms with Gasteiger partial charge in [0.25, 0.3) is 0 Å². The van der Waals surface area contributed by atoms with E-state index in [-0.39, 0.29) is 22.1 Å². The molecule has 0 bridgehead atoms. The Morgan fingerprint density at radius 1 is 1.53 bits per heavy atom. The molecule has 100 valence electrons. The smallest absolute Gasteiger partial charge is 0.322 e. The molecule has 0 spiro atoms. The molecule has 1 aliphatic rings. The van der Waals surface area contributed by atoms with E-state index in [0.717, 1.165) is 4.31 Å². The minimum Gasteiger partial charge on any atom is -0.480 e. The van der Waals surface area contributed by atoms with Crippen LogP contribution in [0.4, 0.5) is 0 Å². The number of nitrogens with zero attached hydrogens (tertiary/aromatic N) is 2. The van der Waals surface area contributed by atoms with Gasteiger partial charge in [0, 0.05) is 5.75 Å². The van der Waals surface area contributed by atoms with E-state index in [9.17, 15) is 13.2 Å². The molecular formula is C11H10N2O4S2. The minimum atomic E-state index is -3.88. The number of aliphatic carboxylic acids is 1. The fourth-order valence-corrected chi connectivity index (χ4v) is 4.90. The Morgan fingerprint density at radius 3 is 2.89 bits per heavy atom. The van der Waals surface area contributed by atoms with Gasteiger partial charge in [-0.3, -0.25) is 4.79 Å². The van der Waals surface area contributed by atoms with Crippen LogP contribution in [0.1, 0.15) is 5.56 Å². The third-order valence-corrected chi connectivity index (χ3v) is 5.72. The Balaban J connectivity index is 2.42. The van der Waals surface area contributed by atoms with Gasteiger partial charge in [-0.25, -0.2) is 8.42 Å². The molecule has 1 unspecified atom stereocenters. The number of rotatable bonds is 3. The molecule has 0 aromatic heterocycles. The topological polar surface area (TPSA) is 98.5 Å². The van der Waals surface area contributed by atoms with E-state index in [1.54, 1.807) is 0 Å². The lowest BCUT2D eigenvalue weighted by molar-refractivity contribution is -0.140. The second-order valence-electron chi connectivity index (χ2n) is 3.89. The zero-order valence-electron chi connectivity index (χ0n) is 9.68. The number of hydrogen-bond acceptors (Lipinski definition) is 5. The number of hydrogen-bond donors (Lipinski definition) is 1. The van der Waals surface area contributed by atoms with Crippen LogP contribution >= 0.6 is 11.8 Å². The van der Waals surface area contributed by atoms with Gasteiger partial charge in [-0.05, 0) is 18.2 Å². The van der Waals surface area contributed by atoms with E-state index in [1.165, 1.54) is 36.0 Å². The summed E-state index contributed by atoms with van der Waals surface area (Å²) in [6.07, 6.45) is 0. The highest BCUT2D eigenvalue weighted by molar-refractivity contribution is 8.00. The molecule has 19 heavy (non-hydrogen) atoms. The van der Waals surface area contributed by atoms with E-state index >= 15 is 0 Å². The molecule has 0 saturated carbocycles. The lowest BCUT2D eigenvalue weighted by Gasteiger charge is -2.20. The van der Waals surface area contributed by atoms with Crippen LogP contribution in [-0.2, 0) is 14.8 Å². The molecule has 1 atom stereocenters. The molecule has 1 saturated heterocycles. The van der Waals surface area contributed by atoms with Crippen LogP contribution in [0.5, 0.6) is 0 Å². The van der Waals surface area contributed by atoms with Crippen molar-refractivity contribution in [1.29, 1.82) is 5.26 Å². The Kier molecular flexibility index (Phi) is 3.80. The van der Waals surface area contributed by atoms with Crippen molar-refractivity contribution in [2.75, 3.05) is 11.6 Å². The summed E-state index contributed by atoms with van der Waals surface area (Å²) in [4.78, 5) is 11.0. The number of benzene rings is 1. The highest BCUT2D eigenvalue weighted by Gasteiger charge is 2.40. The second-order valence-corrected chi connectivity index (χ2v) is 6.78. The van der Waals surface area contributed by atoms with E-state index in [1.807, 2.05) is 6.07 Å². The SMILES string of the molecule is N#Cc1cccc(S(=O)(=O)N2CSCC2C(=O)O)c1. The summed E-state index contributed by atoms with van der Waals surface area (Å²) in [5, 5.41) is 17.8. The minimum absolute atomic E-state index is 0.0553. The first-order chi connectivity index (χ1) is 8.96. The number of carboxylic acids is 1. The summed E-state index contributed by atoms with van der Waals surface area (Å²) in [5.41, 5.74) is 0.222. The van der Waals surface area contributed by atoms with Crippen molar-refractivity contribution in [3.05, 3.63) is 29.8 Å². The maximum Gasteiger partial charge on any atom is 0.322 e. The Labute approximate surface area is 114 Å². The first-order valence-corrected chi connectivity index (χ1v) is 7.89. The van der Waals surface area contributed by atoms with Crippen LogP contribution in [0.3, 0.4) is 0 Å². The molecule has 1 fully saturated rings. The van der Waals surface area contributed by atoms with E-state index in [4.69, 9.17) is 10.4 Å². The molecule has 0 aliphatic carbocycles. The average molecular weight is 298 g/mol. The van der Waals surface area contributed by atoms with E-state index in [0.29, 0.717) is 0 Å². The summed E-state index contributed by atoms with van der Waals surface area (Å²) >= 11 is 1.25. The van der Waals surface area contributed by atoms with E-state index in [2.05, 4.69) is 0 Å². The number of carboxylic acid groups (broad SMARTS) is 1. The third kappa shape index (κ3) is 2.58. The standard InChI is InChI=1S/C11H10N2O4S2/c12-5-8-2-1-3-9(4-8)19(16,17)13-7-18-6-10(13)11(14)15/h1-4,10H,6-7H2,(H,14,15). The first kappa shape index (κ1) is 13.9. The summed E-state index contributed by atoms with van der Waals surface area (Å²) in [6, 6.07) is 6.37. The number of carbonyl (C=O) groups is 1. The maximum atomic E-state index is 12.4. The zero-order valence-corrected chi connectivity index (χ0v) is 11.3. The quantitative estimate of drug-likeness (QED) is 0.882. The third-order valence-electron chi connectivity index (χ3n) is 2.70. The summed E-state index contributed by atoms with van der Waals surface area (Å²) in [7, 11) is -3.88. The van der Waals surface area contributed by atoms with Crippen molar-refractivity contribution in [3.63, 3.8) is 0 Å². The van der Waals surface area contributed by atoms with Gasteiger partial charge in [0.1, 0.15) is 6.04 Å². The van der Waals surface area contributed by atoms with Crippen LogP contribution in [0.25, 0.3) is 0 Å². The van der Waals surface area contributed by atoms with Crippen LogP contribution < -0.4 is 0 Å². The summed E-state index contributed by atoms with van der Waals surface area (Å²) in [5.74, 6) is -0.826. The lowest BCUT2D eigenvalue weighted by Crippen LogP contribution is -2.41. The van der Waals surface area contributed by atoms with Gasteiger partial charge < -0.3 is 5.11 Å². The zero-order chi connectivity index (χ0) is 14.0. The Bertz CT molecular complexity index is 651. The van der Waals surface area contributed by atoms with Gasteiger partial charge in [0.15, 0.2) is 0 Å². The van der Waals surface area contributed by atoms with Gasteiger partial charge in [-0.15, -0.1) is 11.8 Å². The summed E-state index contributed by atoms with van der Waals surface area (Å²) < 4.78 is 25.7. The molecule has 2 rings (SSSR count). The molecule has 1 aromatic carbocycles. The number of nitriles is 1. The predicted octanol–water partition coefficient (Wildman–Crippen LogP) is 0.706. The molecular weight excluding hydrogens is 288 g/mol. The number of thioether (sulfide) groups is 1. The fraction of sp³-hybridized carbons (Fsp3) is 0.273. The van der Waals surface area contributed by atoms with Crippen molar-refractivity contribution in [2.45, 2.75) is 10.9 Å². The molecule has 0 radical (unpaired) electrons. The van der Waals surface area contributed by atoms with Crippen LogP contribution in [0.15, 0.2) is 29.2 Å². The fourth-order valence-electron chi connectivity index (χ4n) is 1.72. The molecule has 8 heteroatoms. The van der Waals surface area contributed by atoms with Crippen LogP contribution in [-0.4, -0.2) is 41.5 Å². The normalized spacial score (nSPS) is 20.1. The Morgan fingerprint density at radius 2 is 2.26 bits per heavy atom. The average Bonchev–Trinajstić information content (AvgIpc) is 2.89. The summed E-state index contributed by atoms with van der Waals surface area (Å²) in [6.45, 7) is 0. The van der Waals surface area contributed by atoms with E-state index < -0.39 is 22.0 Å². The van der Waals surface area contributed by atoms with Gasteiger partial charge in [0.2, 0.25) is 10.0 Å². The van der Waals surface area contributed by atoms with Crippen molar-refractivity contribution >= 4 is 27.8 Å². The molecule has 1 aromatic rings. The molecule has 1 aliphatic heterocycles. The molecule has 6 nitrogen and oxygen atoms in total. The van der Waals surface area contributed by atoms with Gasteiger partial charge in [0.05, 0.1) is 22.4 Å². The Hall–Kier alpha value is -1.56. The predicted molar refractivity (Wildman–Crippen MR) is 68.9 cm³/mol. The van der Waals surface area contributed by atoms with Crippen LogP contribution in [0.2, 0.25) is 0 Å². The van der Waals surface area contributed by atoms with Crippen molar-refractivity contribution in [2.24, 2.45) is 0 Å². The molecule has 0 amide bonds. The van der Waals surface area contributed by atoms with Gasteiger partial charge in [-0.2, -0.15) is 9.57 Å². The largest absolute Gasteiger partial charge is 0.480 e. The number of sulfonamides is 1. The van der Waals surface area contributed by atoms with Crippen LogP contribution in [0, 0.1) is 11.3 Å². The van der Waals surface area contributed by atoms with Crippen molar-refractivity contribution in [3.8, 4) is 6.07 Å². The first-order valence-electron chi connectivity index (χ1n) is 5.29. The lowest BCUT2D eigenvalue weighted by atomic mass is 10.2. The van der Waals surface area contributed by atoms with Crippen molar-refractivity contribution in [1.82, 2.24) is 4.31 Å². The van der Waals surface area contributed by atoms with Gasteiger partial charge >= 0.3 is 5.97 Å². The maximum absolute atomic E-state index is 12.4. The highest BCUT2D eigenvalue weighted by Crippen LogP contribution is 2.28. The monoisotopic (exact) mass is 298 g/mol. The molecule has 1 N–H and O–H groups in total.